The van der Waals surface area contributed by atoms with Crippen LogP contribution in [0.5, 0.6) is 0 Å². The molecular formula is C12H14BrFN2O3. The molecule has 0 spiro atoms. The van der Waals surface area contributed by atoms with Crippen molar-refractivity contribution in [2.45, 2.75) is 24.6 Å². The highest BCUT2D eigenvalue weighted by atomic mass is 79.9. The number of nitro benzene ring substituents is 1. The zero-order chi connectivity index (χ0) is 14.4. The number of rotatable bonds is 6. The highest BCUT2D eigenvalue weighted by Crippen LogP contribution is 2.16. The lowest BCUT2D eigenvalue weighted by atomic mass is 10.1. The van der Waals surface area contributed by atoms with Gasteiger partial charge in [-0.15, -0.1) is 0 Å². The number of carbonyl (C=O) groups is 1. The minimum Gasteiger partial charge on any atom is -0.351 e. The molecule has 0 aliphatic carbocycles. The molecule has 1 rings (SSSR count). The number of nitro groups is 1. The first-order valence-corrected chi connectivity index (χ1v) is 6.72. The Balaban J connectivity index is 2.74. The largest absolute Gasteiger partial charge is 0.351 e. The molecule has 1 aromatic rings. The van der Waals surface area contributed by atoms with Crippen molar-refractivity contribution in [3.63, 3.8) is 0 Å². The van der Waals surface area contributed by atoms with Crippen LogP contribution in [0.2, 0.25) is 0 Å². The van der Waals surface area contributed by atoms with Gasteiger partial charge < -0.3 is 5.32 Å². The fraction of sp³-hybridized carbons (Fsp3) is 0.417. The summed E-state index contributed by atoms with van der Waals surface area (Å²) in [5.74, 6) is -1.33. The summed E-state index contributed by atoms with van der Waals surface area (Å²) in [7, 11) is 0. The molecule has 104 valence electrons. The van der Waals surface area contributed by atoms with Gasteiger partial charge in [-0.1, -0.05) is 29.3 Å². The number of hydrogen-bond acceptors (Lipinski definition) is 3. The van der Waals surface area contributed by atoms with Gasteiger partial charge in [-0.3, -0.25) is 14.9 Å². The molecule has 0 heterocycles. The Morgan fingerprint density at radius 1 is 1.53 bits per heavy atom. The first-order valence-electron chi connectivity index (χ1n) is 5.81. The fourth-order valence-electron chi connectivity index (χ4n) is 1.53. The number of halogens is 2. The van der Waals surface area contributed by atoms with Crippen molar-refractivity contribution >= 4 is 27.5 Å². The Hall–Kier alpha value is -1.50. The van der Waals surface area contributed by atoms with Crippen molar-refractivity contribution < 1.29 is 14.1 Å². The standard InChI is InChI=1S/C12H14BrFN2O3/c1-2-3-9(13)7-15-12(17)8-4-10(14)6-11(5-8)16(18)19/h4-6,9H,2-3,7H2,1H3,(H,15,17). The van der Waals surface area contributed by atoms with Gasteiger partial charge in [0, 0.05) is 23.0 Å². The van der Waals surface area contributed by atoms with Crippen molar-refractivity contribution in [1.82, 2.24) is 5.32 Å². The summed E-state index contributed by atoms with van der Waals surface area (Å²) in [5.41, 5.74) is -0.489. The zero-order valence-corrected chi connectivity index (χ0v) is 11.9. The van der Waals surface area contributed by atoms with E-state index in [0.717, 1.165) is 31.0 Å². The summed E-state index contributed by atoms with van der Waals surface area (Å²) in [6.45, 7) is 2.41. The van der Waals surface area contributed by atoms with Gasteiger partial charge in [-0.2, -0.15) is 0 Å². The topological polar surface area (TPSA) is 72.2 Å². The van der Waals surface area contributed by atoms with Gasteiger partial charge in [-0.25, -0.2) is 4.39 Å². The Bertz CT molecular complexity index is 482. The van der Waals surface area contributed by atoms with Crippen molar-refractivity contribution in [2.75, 3.05) is 6.54 Å². The molecule has 0 saturated carbocycles. The highest BCUT2D eigenvalue weighted by molar-refractivity contribution is 9.09. The van der Waals surface area contributed by atoms with Crippen LogP contribution in [0.3, 0.4) is 0 Å². The van der Waals surface area contributed by atoms with Gasteiger partial charge in [0.25, 0.3) is 11.6 Å². The van der Waals surface area contributed by atoms with E-state index in [1.165, 1.54) is 0 Å². The van der Waals surface area contributed by atoms with E-state index in [-0.39, 0.29) is 10.4 Å². The van der Waals surface area contributed by atoms with Gasteiger partial charge >= 0.3 is 0 Å². The monoisotopic (exact) mass is 332 g/mol. The predicted octanol–water partition coefficient (Wildman–Crippen LogP) is 3.03. The van der Waals surface area contributed by atoms with Gasteiger partial charge in [0.2, 0.25) is 0 Å². The normalized spacial score (nSPS) is 11.9. The highest BCUT2D eigenvalue weighted by Gasteiger charge is 2.15. The molecule has 0 fully saturated rings. The molecule has 7 heteroatoms. The number of nitrogens with zero attached hydrogens (tertiary/aromatic N) is 1. The van der Waals surface area contributed by atoms with E-state index in [1.54, 1.807) is 0 Å². The molecule has 0 saturated heterocycles. The summed E-state index contributed by atoms with van der Waals surface area (Å²) >= 11 is 3.39. The minimum absolute atomic E-state index is 0.0529. The third-order valence-corrected chi connectivity index (χ3v) is 3.22. The lowest BCUT2D eigenvalue weighted by molar-refractivity contribution is -0.385. The maximum absolute atomic E-state index is 13.2. The first-order chi connectivity index (χ1) is 8.93. The van der Waals surface area contributed by atoms with E-state index >= 15 is 0 Å². The molecular weight excluding hydrogens is 319 g/mol. The van der Waals surface area contributed by atoms with Gasteiger partial charge in [0.1, 0.15) is 5.82 Å². The number of amides is 1. The Morgan fingerprint density at radius 3 is 2.79 bits per heavy atom. The third kappa shape index (κ3) is 4.94. The lowest BCUT2D eigenvalue weighted by Crippen LogP contribution is -2.29. The predicted molar refractivity (Wildman–Crippen MR) is 73.0 cm³/mol. The first kappa shape index (κ1) is 15.6. The molecule has 1 N–H and O–H groups in total. The number of hydrogen-bond donors (Lipinski definition) is 1. The summed E-state index contributed by atoms with van der Waals surface area (Å²) in [6, 6.07) is 2.81. The van der Waals surface area contributed by atoms with Crippen LogP contribution >= 0.6 is 15.9 Å². The van der Waals surface area contributed by atoms with Crippen molar-refractivity contribution in [1.29, 1.82) is 0 Å². The summed E-state index contributed by atoms with van der Waals surface area (Å²) < 4.78 is 13.2. The van der Waals surface area contributed by atoms with Crippen LogP contribution in [-0.2, 0) is 0 Å². The number of benzene rings is 1. The minimum atomic E-state index is -0.802. The smallest absolute Gasteiger partial charge is 0.273 e. The van der Waals surface area contributed by atoms with Crippen LogP contribution in [-0.4, -0.2) is 22.2 Å². The summed E-state index contributed by atoms with van der Waals surface area (Å²) in [5, 5.41) is 13.2. The summed E-state index contributed by atoms with van der Waals surface area (Å²) in [6.07, 6.45) is 1.86. The molecule has 19 heavy (non-hydrogen) atoms. The van der Waals surface area contributed by atoms with E-state index in [1.807, 2.05) is 6.92 Å². The second kappa shape index (κ2) is 7.18. The van der Waals surface area contributed by atoms with Crippen LogP contribution in [0.15, 0.2) is 18.2 Å². The lowest BCUT2D eigenvalue weighted by Gasteiger charge is -2.10. The van der Waals surface area contributed by atoms with Crippen LogP contribution in [0.4, 0.5) is 10.1 Å². The summed E-state index contributed by atoms with van der Waals surface area (Å²) in [4.78, 5) is 21.7. The molecule has 1 atom stereocenters. The van der Waals surface area contributed by atoms with E-state index < -0.39 is 22.3 Å². The van der Waals surface area contributed by atoms with Gasteiger partial charge in [0.15, 0.2) is 0 Å². The van der Waals surface area contributed by atoms with Crippen LogP contribution in [0.25, 0.3) is 0 Å². The fourth-order valence-corrected chi connectivity index (χ4v) is 2.15. The Labute approximate surface area is 118 Å². The van der Waals surface area contributed by atoms with E-state index in [4.69, 9.17) is 0 Å². The molecule has 0 radical (unpaired) electrons. The maximum atomic E-state index is 13.2. The van der Waals surface area contributed by atoms with E-state index in [2.05, 4.69) is 21.2 Å². The maximum Gasteiger partial charge on any atom is 0.273 e. The van der Waals surface area contributed by atoms with Gasteiger partial charge in [0.05, 0.1) is 11.0 Å². The van der Waals surface area contributed by atoms with Crippen molar-refractivity contribution in [3.05, 3.63) is 39.7 Å². The third-order valence-electron chi connectivity index (χ3n) is 2.44. The molecule has 0 aromatic heterocycles. The molecule has 1 amide bonds. The average molecular weight is 333 g/mol. The quantitative estimate of drug-likeness (QED) is 0.494. The van der Waals surface area contributed by atoms with Gasteiger partial charge in [-0.05, 0) is 12.5 Å². The van der Waals surface area contributed by atoms with E-state index in [9.17, 15) is 19.3 Å². The second-order valence-corrected chi connectivity index (χ2v) is 5.35. The molecule has 5 nitrogen and oxygen atoms in total. The van der Waals surface area contributed by atoms with Crippen LogP contribution in [0.1, 0.15) is 30.1 Å². The average Bonchev–Trinajstić information content (AvgIpc) is 2.35. The number of alkyl halides is 1. The Kier molecular flexibility index (Phi) is 5.88. The molecule has 0 bridgehead atoms. The Morgan fingerprint density at radius 2 is 2.21 bits per heavy atom. The number of carbonyl (C=O) groups excluding carboxylic acids is 1. The van der Waals surface area contributed by atoms with Crippen LogP contribution < -0.4 is 5.32 Å². The molecule has 1 unspecified atom stereocenters. The van der Waals surface area contributed by atoms with E-state index in [0.29, 0.717) is 6.54 Å². The number of nitrogens with one attached hydrogen (secondary N) is 1. The second-order valence-electron chi connectivity index (χ2n) is 4.05. The zero-order valence-electron chi connectivity index (χ0n) is 10.4. The molecule has 1 aromatic carbocycles. The van der Waals surface area contributed by atoms with Crippen molar-refractivity contribution in [2.24, 2.45) is 0 Å². The number of non-ortho nitro benzene ring substituents is 1. The SMILES string of the molecule is CCCC(Br)CNC(=O)c1cc(F)cc([N+](=O)[O-])c1. The molecule has 0 aliphatic rings. The van der Waals surface area contributed by atoms with Crippen molar-refractivity contribution in [3.8, 4) is 0 Å². The van der Waals surface area contributed by atoms with Crippen LogP contribution in [0, 0.1) is 15.9 Å². The molecule has 0 aliphatic heterocycles.